The van der Waals surface area contributed by atoms with Crippen molar-refractivity contribution in [3.8, 4) is 11.5 Å². The molecule has 0 radical (unpaired) electrons. The molecule has 0 bridgehead atoms. The molecule has 0 saturated carbocycles. The molecule has 0 amide bonds. The number of alkyl halides is 3. The van der Waals surface area contributed by atoms with Crippen LogP contribution in [0.2, 0.25) is 5.02 Å². The van der Waals surface area contributed by atoms with E-state index in [2.05, 4.69) is 5.43 Å². The topological polar surface area (TPSA) is 33.7 Å². The third kappa shape index (κ3) is 4.29. The molecule has 0 atom stereocenters. The zero-order chi connectivity index (χ0) is 18.2. The summed E-state index contributed by atoms with van der Waals surface area (Å²) < 4.78 is 49.1. The quantitative estimate of drug-likeness (QED) is 0.528. The maximum absolute atomic E-state index is 12.7. The summed E-state index contributed by atoms with van der Waals surface area (Å²) in [6, 6.07) is 8.16. The van der Waals surface area contributed by atoms with E-state index in [-0.39, 0.29) is 34.7 Å². The van der Waals surface area contributed by atoms with Crippen molar-refractivity contribution in [1.29, 1.82) is 0 Å². The molecule has 0 unspecified atom stereocenters. The minimum Gasteiger partial charge on any atom is -0.494 e. The van der Waals surface area contributed by atoms with E-state index in [1.807, 2.05) is 7.05 Å². The van der Waals surface area contributed by atoms with Crippen LogP contribution in [0.1, 0.15) is 11.1 Å². The fourth-order valence-electron chi connectivity index (χ4n) is 2.41. The van der Waals surface area contributed by atoms with Gasteiger partial charge in [0.05, 0.1) is 29.6 Å². The van der Waals surface area contributed by atoms with Gasteiger partial charge in [-0.1, -0.05) is 11.6 Å². The minimum atomic E-state index is -4.45. The van der Waals surface area contributed by atoms with E-state index in [9.17, 15) is 13.2 Å². The highest BCUT2D eigenvalue weighted by Crippen LogP contribution is 2.38. The number of hydrogen-bond donors (Lipinski definition) is 1. The Balaban J connectivity index is 0.00000243. The van der Waals surface area contributed by atoms with Crippen molar-refractivity contribution in [3.63, 3.8) is 0 Å². The third-order valence-corrected chi connectivity index (χ3v) is 3.87. The smallest absolute Gasteiger partial charge is 0.416 e. The van der Waals surface area contributed by atoms with Crippen LogP contribution in [0.15, 0.2) is 42.6 Å². The number of benzene rings is 2. The maximum atomic E-state index is 12.7. The monoisotopic (exact) mass is 498 g/mol. The van der Waals surface area contributed by atoms with Gasteiger partial charge >= 0.3 is 6.18 Å². The second-order valence-electron chi connectivity index (χ2n) is 5.37. The van der Waals surface area contributed by atoms with Crippen molar-refractivity contribution in [3.05, 3.63) is 58.7 Å². The third-order valence-electron chi connectivity index (χ3n) is 3.57. The molecular formula is C17H15ClF3IN2O2. The number of halogens is 5. The van der Waals surface area contributed by atoms with Gasteiger partial charge < -0.3 is 9.47 Å². The first-order valence-electron chi connectivity index (χ1n) is 7.22. The molecule has 2 aromatic rings. The lowest BCUT2D eigenvalue weighted by Gasteiger charge is -2.26. The van der Waals surface area contributed by atoms with Crippen LogP contribution in [0.3, 0.4) is 0 Å². The molecule has 26 heavy (non-hydrogen) atoms. The summed E-state index contributed by atoms with van der Waals surface area (Å²) in [5.74, 6) is 1.19. The average Bonchev–Trinajstić information content (AvgIpc) is 2.55. The summed E-state index contributed by atoms with van der Waals surface area (Å²) in [5, 5.41) is 1.63. The van der Waals surface area contributed by atoms with Crippen LogP contribution >= 0.6 is 35.6 Å². The van der Waals surface area contributed by atoms with Crippen LogP contribution in [0, 0.1) is 0 Å². The van der Waals surface area contributed by atoms with Gasteiger partial charge in [-0.15, -0.1) is 24.0 Å². The largest absolute Gasteiger partial charge is 0.494 e. The number of hydrogen-bond acceptors (Lipinski definition) is 4. The van der Waals surface area contributed by atoms with Gasteiger partial charge in [-0.3, -0.25) is 10.4 Å². The molecule has 0 fully saturated rings. The lowest BCUT2D eigenvalue weighted by Crippen LogP contribution is -2.24. The van der Waals surface area contributed by atoms with E-state index in [0.717, 1.165) is 23.4 Å². The highest BCUT2D eigenvalue weighted by Gasteiger charge is 2.31. The van der Waals surface area contributed by atoms with E-state index < -0.39 is 11.7 Å². The number of rotatable bonds is 3. The Morgan fingerprint density at radius 3 is 2.46 bits per heavy atom. The van der Waals surface area contributed by atoms with Gasteiger partial charge in [-0.25, -0.2) is 0 Å². The Bertz CT molecular complexity index is 843. The fourth-order valence-corrected chi connectivity index (χ4v) is 2.62. The highest BCUT2D eigenvalue weighted by atomic mass is 127. The molecule has 1 aliphatic heterocycles. The second kappa shape index (κ2) is 7.83. The Morgan fingerprint density at radius 2 is 1.85 bits per heavy atom. The van der Waals surface area contributed by atoms with E-state index in [0.29, 0.717) is 11.5 Å². The maximum Gasteiger partial charge on any atom is 0.416 e. The number of fused-ring (bicyclic) bond motifs is 1. The number of nitrogens with one attached hydrogen (secondary N) is 1. The van der Waals surface area contributed by atoms with Gasteiger partial charge in [0.1, 0.15) is 17.3 Å². The summed E-state index contributed by atoms with van der Waals surface area (Å²) in [4.78, 5) is 0. The van der Waals surface area contributed by atoms with Gasteiger partial charge in [0.25, 0.3) is 0 Å². The Labute approximate surface area is 170 Å². The highest BCUT2D eigenvalue weighted by molar-refractivity contribution is 14.0. The van der Waals surface area contributed by atoms with Crippen LogP contribution < -0.4 is 10.2 Å². The molecule has 3 rings (SSSR count). The normalized spacial score (nSPS) is 13.2. The SMILES string of the molecule is COC1=CN(C)Nc2ccc(Oc3ccc(C(F)(F)F)cc3Cl)cc21.I. The summed E-state index contributed by atoms with van der Waals surface area (Å²) in [7, 11) is 3.38. The predicted octanol–water partition coefficient (Wildman–Crippen LogP) is 5.99. The van der Waals surface area contributed by atoms with E-state index >= 15 is 0 Å². The fraction of sp³-hybridized carbons (Fsp3) is 0.176. The van der Waals surface area contributed by atoms with E-state index in [1.54, 1.807) is 36.5 Å². The van der Waals surface area contributed by atoms with Crippen LogP contribution in [0.25, 0.3) is 5.76 Å². The second-order valence-corrected chi connectivity index (χ2v) is 5.78. The summed E-state index contributed by atoms with van der Waals surface area (Å²) in [6.07, 6.45) is -2.69. The van der Waals surface area contributed by atoms with Crippen LogP contribution in [-0.2, 0) is 10.9 Å². The van der Waals surface area contributed by atoms with Crippen molar-refractivity contribution < 1.29 is 22.6 Å². The summed E-state index contributed by atoms with van der Waals surface area (Å²) in [6.45, 7) is 0. The lowest BCUT2D eigenvalue weighted by atomic mass is 10.1. The number of ether oxygens (including phenoxy) is 2. The van der Waals surface area contributed by atoms with Gasteiger partial charge in [-0.05, 0) is 36.4 Å². The molecule has 1 aliphatic rings. The molecular weight excluding hydrogens is 484 g/mol. The molecule has 2 aromatic carbocycles. The average molecular weight is 499 g/mol. The van der Waals surface area contributed by atoms with Crippen LogP contribution in [-0.4, -0.2) is 19.2 Å². The number of methoxy groups -OCH3 is 1. The Kier molecular flexibility index (Phi) is 6.17. The Morgan fingerprint density at radius 1 is 1.12 bits per heavy atom. The van der Waals surface area contributed by atoms with E-state index in [1.165, 1.54) is 6.07 Å². The van der Waals surface area contributed by atoms with Gasteiger partial charge in [-0.2, -0.15) is 13.2 Å². The molecule has 0 spiro atoms. The van der Waals surface area contributed by atoms with Crippen LogP contribution in [0.5, 0.6) is 11.5 Å². The van der Waals surface area contributed by atoms with Gasteiger partial charge in [0.15, 0.2) is 0 Å². The summed E-state index contributed by atoms with van der Waals surface area (Å²) in [5.41, 5.74) is 3.87. The standard InChI is InChI=1S/C17H14ClF3N2O2.HI/c1-23-9-16(24-2)12-8-11(4-5-14(12)22-23)25-15-6-3-10(7-13(15)18)17(19,20)21;/h3-9,22H,1-2H3;1H. The molecule has 140 valence electrons. The summed E-state index contributed by atoms with van der Waals surface area (Å²) >= 11 is 5.92. The van der Waals surface area contributed by atoms with Gasteiger partial charge in [0.2, 0.25) is 0 Å². The molecule has 0 aromatic heterocycles. The zero-order valence-corrected chi connectivity index (χ0v) is 16.8. The lowest BCUT2D eigenvalue weighted by molar-refractivity contribution is -0.137. The van der Waals surface area contributed by atoms with Crippen molar-refractivity contribution >= 4 is 47.0 Å². The first-order chi connectivity index (χ1) is 11.8. The van der Waals surface area contributed by atoms with Crippen molar-refractivity contribution in [2.45, 2.75) is 6.18 Å². The first kappa shape index (κ1) is 20.5. The van der Waals surface area contributed by atoms with E-state index in [4.69, 9.17) is 21.1 Å². The van der Waals surface area contributed by atoms with Crippen molar-refractivity contribution in [1.82, 2.24) is 5.01 Å². The molecule has 1 N–H and O–H groups in total. The number of nitrogens with zero attached hydrogens (tertiary/aromatic N) is 1. The molecule has 9 heteroatoms. The Hall–Kier alpha value is -1.81. The van der Waals surface area contributed by atoms with Gasteiger partial charge in [0, 0.05) is 12.6 Å². The molecule has 0 saturated heterocycles. The van der Waals surface area contributed by atoms with Crippen molar-refractivity contribution in [2.75, 3.05) is 19.6 Å². The number of anilines is 1. The minimum absolute atomic E-state index is 0. The van der Waals surface area contributed by atoms with Crippen LogP contribution in [0.4, 0.5) is 18.9 Å². The zero-order valence-electron chi connectivity index (χ0n) is 13.7. The molecule has 0 aliphatic carbocycles. The van der Waals surface area contributed by atoms with Crippen molar-refractivity contribution in [2.24, 2.45) is 0 Å². The molecule has 1 heterocycles. The first-order valence-corrected chi connectivity index (χ1v) is 7.60. The number of hydrazine groups is 1. The predicted molar refractivity (Wildman–Crippen MR) is 105 cm³/mol. The molecule has 4 nitrogen and oxygen atoms in total.